The Kier molecular flexibility index (Phi) is 4.41. The molecule has 4 rings (SSSR count). The van der Waals surface area contributed by atoms with Crippen molar-refractivity contribution in [3.8, 4) is 11.5 Å². The van der Waals surface area contributed by atoms with E-state index in [0.29, 0.717) is 11.7 Å². The van der Waals surface area contributed by atoms with E-state index < -0.39 is 0 Å². The SMILES string of the molecule is Cc1cc(N2CCC(Cc3ncc[nH]3)CC2)nc(-c2ccccn2)n1. The van der Waals surface area contributed by atoms with Crippen molar-refractivity contribution in [1.29, 1.82) is 0 Å². The molecule has 0 unspecified atom stereocenters. The maximum absolute atomic E-state index is 4.76. The molecular weight excluding hydrogens is 312 g/mol. The maximum atomic E-state index is 4.76. The van der Waals surface area contributed by atoms with Gasteiger partial charge >= 0.3 is 0 Å². The van der Waals surface area contributed by atoms with E-state index in [0.717, 1.165) is 55.4 Å². The fraction of sp³-hybridized carbons (Fsp3) is 0.368. The topological polar surface area (TPSA) is 70.6 Å². The number of imidazole rings is 1. The lowest BCUT2D eigenvalue weighted by Crippen LogP contribution is -2.35. The zero-order chi connectivity index (χ0) is 17.1. The predicted molar refractivity (Wildman–Crippen MR) is 97.2 cm³/mol. The summed E-state index contributed by atoms with van der Waals surface area (Å²) >= 11 is 0. The lowest BCUT2D eigenvalue weighted by Gasteiger charge is -2.32. The van der Waals surface area contributed by atoms with Gasteiger partial charge in [0.15, 0.2) is 5.82 Å². The summed E-state index contributed by atoms with van der Waals surface area (Å²) in [6.07, 6.45) is 8.84. The van der Waals surface area contributed by atoms with Gasteiger partial charge < -0.3 is 9.88 Å². The van der Waals surface area contributed by atoms with E-state index in [1.54, 1.807) is 6.20 Å². The van der Waals surface area contributed by atoms with Crippen LogP contribution in [0.25, 0.3) is 11.5 Å². The van der Waals surface area contributed by atoms with Gasteiger partial charge in [0, 0.05) is 49.9 Å². The van der Waals surface area contributed by atoms with Crippen molar-refractivity contribution in [3.63, 3.8) is 0 Å². The minimum absolute atomic E-state index is 0.681. The first-order chi connectivity index (χ1) is 12.3. The Hall–Kier alpha value is -2.76. The first-order valence-electron chi connectivity index (χ1n) is 8.78. The molecule has 0 atom stereocenters. The molecule has 0 amide bonds. The number of aryl methyl sites for hydroxylation is 1. The number of rotatable bonds is 4. The molecule has 3 aromatic rings. The lowest BCUT2D eigenvalue weighted by atomic mass is 9.93. The van der Waals surface area contributed by atoms with Crippen LogP contribution >= 0.6 is 0 Å². The quantitative estimate of drug-likeness (QED) is 0.794. The zero-order valence-corrected chi connectivity index (χ0v) is 14.4. The fourth-order valence-corrected chi connectivity index (χ4v) is 3.37. The molecule has 4 heterocycles. The molecule has 0 aliphatic carbocycles. The Labute approximate surface area is 147 Å². The number of nitrogens with one attached hydrogen (secondary N) is 1. The van der Waals surface area contributed by atoms with Gasteiger partial charge in [-0.25, -0.2) is 15.0 Å². The molecule has 6 nitrogen and oxygen atoms in total. The number of aromatic nitrogens is 5. The summed E-state index contributed by atoms with van der Waals surface area (Å²) in [6.45, 7) is 4.05. The third kappa shape index (κ3) is 3.68. The van der Waals surface area contributed by atoms with Gasteiger partial charge in [-0.2, -0.15) is 0 Å². The van der Waals surface area contributed by atoms with Crippen LogP contribution in [0.1, 0.15) is 24.4 Å². The molecule has 1 aliphatic heterocycles. The van der Waals surface area contributed by atoms with Gasteiger partial charge in [0.25, 0.3) is 0 Å². The highest BCUT2D eigenvalue weighted by molar-refractivity contribution is 5.53. The maximum Gasteiger partial charge on any atom is 0.180 e. The summed E-state index contributed by atoms with van der Waals surface area (Å²) in [5.41, 5.74) is 1.79. The van der Waals surface area contributed by atoms with Crippen molar-refractivity contribution in [1.82, 2.24) is 24.9 Å². The van der Waals surface area contributed by atoms with Gasteiger partial charge in [0.2, 0.25) is 0 Å². The lowest BCUT2D eigenvalue weighted by molar-refractivity contribution is 0.396. The number of hydrogen-bond donors (Lipinski definition) is 1. The normalized spacial score (nSPS) is 15.5. The summed E-state index contributed by atoms with van der Waals surface area (Å²) in [5, 5.41) is 0. The van der Waals surface area contributed by atoms with Crippen LogP contribution in [0.15, 0.2) is 42.9 Å². The molecule has 0 spiro atoms. The molecule has 0 radical (unpaired) electrons. The van der Waals surface area contributed by atoms with Crippen LogP contribution in [0.4, 0.5) is 5.82 Å². The van der Waals surface area contributed by atoms with Crippen LogP contribution in [0.3, 0.4) is 0 Å². The van der Waals surface area contributed by atoms with Crippen LogP contribution < -0.4 is 4.90 Å². The Morgan fingerprint density at radius 2 is 2.00 bits per heavy atom. The van der Waals surface area contributed by atoms with E-state index >= 15 is 0 Å². The molecule has 1 aliphatic rings. The second-order valence-corrected chi connectivity index (χ2v) is 6.58. The molecule has 0 aromatic carbocycles. The van der Waals surface area contributed by atoms with Crippen molar-refractivity contribution in [2.75, 3.05) is 18.0 Å². The third-order valence-electron chi connectivity index (χ3n) is 4.71. The van der Waals surface area contributed by atoms with Gasteiger partial charge in [0.05, 0.1) is 0 Å². The van der Waals surface area contributed by atoms with Gasteiger partial charge in [-0.05, 0) is 37.8 Å². The smallest absolute Gasteiger partial charge is 0.180 e. The number of nitrogens with zero attached hydrogens (tertiary/aromatic N) is 5. The first kappa shape index (κ1) is 15.7. The minimum atomic E-state index is 0.681. The van der Waals surface area contributed by atoms with Crippen molar-refractivity contribution in [2.24, 2.45) is 5.92 Å². The highest BCUT2D eigenvalue weighted by atomic mass is 15.2. The third-order valence-corrected chi connectivity index (χ3v) is 4.71. The average molecular weight is 334 g/mol. The molecule has 1 saturated heterocycles. The fourth-order valence-electron chi connectivity index (χ4n) is 3.37. The van der Waals surface area contributed by atoms with Crippen LogP contribution in [0, 0.1) is 12.8 Å². The van der Waals surface area contributed by atoms with Gasteiger partial charge in [0.1, 0.15) is 17.3 Å². The summed E-state index contributed by atoms with van der Waals surface area (Å²) in [5.74, 6) is 3.48. The molecular formula is C19H22N6. The Morgan fingerprint density at radius 1 is 1.12 bits per heavy atom. The first-order valence-corrected chi connectivity index (χ1v) is 8.78. The number of hydrogen-bond acceptors (Lipinski definition) is 5. The molecule has 1 fully saturated rings. The van der Waals surface area contributed by atoms with E-state index in [1.165, 1.54) is 0 Å². The zero-order valence-electron chi connectivity index (χ0n) is 14.4. The number of H-pyrrole nitrogens is 1. The molecule has 25 heavy (non-hydrogen) atoms. The summed E-state index contributed by atoms with van der Waals surface area (Å²) < 4.78 is 0. The molecule has 0 saturated carbocycles. The average Bonchev–Trinajstić information content (AvgIpc) is 3.16. The van der Waals surface area contributed by atoms with E-state index in [2.05, 4.69) is 30.9 Å². The van der Waals surface area contributed by atoms with Crippen molar-refractivity contribution < 1.29 is 0 Å². The van der Waals surface area contributed by atoms with E-state index in [1.807, 2.05) is 37.5 Å². The Morgan fingerprint density at radius 3 is 2.72 bits per heavy atom. The second kappa shape index (κ2) is 7.01. The minimum Gasteiger partial charge on any atom is -0.356 e. The standard InChI is InChI=1S/C19H22N6/c1-14-12-18(24-19(23-14)16-4-2-3-7-20-16)25-10-5-15(6-11-25)13-17-21-8-9-22-17/h2-4,7-9,12,15H,5-6,10-11,13H2,1H3,(H,21,22). The molecule has 1 N–H and O–H groups in total. The molecule has 128 valence electrons. The highest BCUT2D eigenvalue weighted by Gasteiger charge is 2.22. The number of anilines is 1. The Balaban J connectivity index is 1.47. The van der Waals surface area contributed by atoms with E-state index in [4.69, 9.17) is 4.98 Å². The van der Waals surface area contributed by atoms with Crippen molar-refractivity contribution in [2.45, 2.75) is 26.2 Å². The van der Waals surface area contributed by atoms with E-state index in [-0.39, 0.29) is 0 Å². The largest absolute Gasteiger partial charge is 0.356 e. The summed E-state index contributed by atoms with van der Waals surface area (Å²) in [4.78, 5) is 23.6. The molecule has 0 bridgehead atoms. The van der Waals surface area contributed by atoms with E-state index in [9.17, 15) is 0 Å². The highest BCUT2D eigenvalue weighted by Crippen LogP contribution is 2.25. The van der Waals surface area contributed by atoms with Crippen LogP contribution in [0.2, 0.25) is 0 Å². The van der Waals surface area contributed by atoms with Gasteiger partial charge in [-0.15, -0.1) is 0 Å². The number of pyridine rings is 1. The second-order valence-electron chi connectivity index (χ2n) is 6.58. The summed E-state index contributed by atoms with van der Waals surface area (Å²) in [7, 11) is 0. The number of piperidine rings is 1. The number of aromatic amines is 1. The van der Waals surface area contributed by atoms with Gasteiger partial charge in [-0.1, -0.05) is 6.07 Å². The molecule has 3 aromatic heterocycles. The van der Waals surface area contributed by atoms with Crippen LogP contribution in [0.5, 0.6) is 0 Å². The monoisotopic (exact) mass is 334 g/mol. The van der Waals surface area contributed by atoms with Crippen molar-refractivity contribution in [3.05, 3.63) is 54.4 Å². The predicted octanol–water partition coefficient (Wildman–Crippen LogP) is 3.03. The van der Waals surface area contributed by atoms with Gasteiger partial charge in [-0.3, -0.25) is 4.98 Å². The summed E-state index contributed by atoms with van der Waals surface area (Å²) in [6, 6.07) is 7.89. The molecule has 6 heteroatoms. The van der Waals surface area contributed by atoms with Crippen molar-refractivity contribution >= 4 is 5.82 Å². The van der Waals surface area contributed by atoms with Crippen LogP contribution in [-0.4, -0.2) is 38.0 Å². The Bertz CT molecular complexity index is 807. The van der Waals surface area contributed by atoms with Crippen LogP contribution in [-0.2, 0) is 6.42 Å².